The minimum Gasteiger partial charge on any atom is -0.326 e. The first-order chi connectivity index (χ1) is 8.54. The summed E-state index contributed by atoms with van der Waals surface area (Å²) in [5.74, 6) is 0.0751. The lowest BCUT2D eigenvalue weighted by molar-refractivity contribution is -0.125. The SMILES string of the molecule is O=C1CCC(C(=O)Nc2cc(Cl)cc(Cl)c2)CC1. The highest BCUT2D eigenvalue weighted by atomic mass is 35.5. The molecular formula is C13H13Cl2NO2. The van der Waals surface area contributed by atoms with Gasteiger partial charge < -0.3 is 5.32 Å². The molecule has 1 amide bonds. The summed E-state index contributed by atoms with van der Waals surface area (Å²) in [5.41, 5.74) is 0.592. The third-order valence-corrected chi connectivity index (χ3v) is 3.48. The van der Waals surface area contributed by atoms with Crippen molar-refractivity contribution in [1.29, 1.82) is 0 Å². The van der Waals surface area contributed by atoms with Gasteiger partial charge in [-0.15, -0.1) is 0 Å². The molecule has 0 heterocycles. The lowest BCUT2D eigenvalue weighted by atomic mass is 9.88. The second kappa shape index (κ2) is 5.72. The maximum absolute atomic E-state index is 12.0. The van der Waals surface area contributed by atoms with Crippen molar-refractivity contribution in [1.82, 2.24) is 0 Å². The molecule has 0 unspecified atom stereocenters. The third kappa shape index (κ3) is 3.47. The molecule has 0 aromatic heterocycles. The lowest BCUT2D eigenvalue weighted by Crippen LogP contribution is -2.27. The number of anilines is 1. The van der Waals surface area contributed by atoms with E-state index in [1.807, 2.05) is 0 Å². The van der Waals surface area contributed by atoms with Crippen LogP contribution in [0.3, 0.4) is 0 Å². The maximum Gasteiger partial charge on any atom is 0.227 e. The summed E-state index contributed by atoms with van der Waals surface area (Å²) in [6, 6.07) is 4.91. The second-order valence-electron chi connectivity index (χ2n) is 4.46. The fourth-order valence-corrected chi connectivity index (χ4v) is 2.60. The zero-order valence-corrected chi connectivity index (χ0v) is 11.2. The van der Waals surface area contributed by atoms with Gasteiger partial charge in [-0.1, -0.05) is 23.2 Å². The van der Waals surface area contributed by atoms with E-state index in [9.17, 15) is 9.59 Å². The molecule has 1 fully saturated rings. The van der Waals surface area contributed by atoms with Crippen LogP contribution in [0, 0.1) is 5.92 Å². The molecular weight excluding hydrogens is 273 g/mol. The average molecular weight is 286 g/mol. The molecule has 1 aromatic carbocycles. The van der Waals surface area contributed by atoms with Crippen molar-refractivity contribution >= 4 is 40.6 Å². The van der Waals surface area contributed by atoms with E-state index in [0.717, 1.165) is 0 Å². The van der Waals surface area contributed by atoms with Gasteiger partial charge in [0.25, 0.3) is 0 Å². The van der Waals surface area contributed by atoms with Crippen LogP contribution in [0.15, 0.2) is 18.2 Å². The van der Waals surface area contributed by atoms with E-state index in [1.165, 1.54) is 0 Å². The molecule has 0 aliphatic heterocycles. The van der Waals surface area contributed by atoms with Crippen LogP contribution >= 0.6 is 23.2 Å². The van der Waals surface area contributed by atoms with Gasteiger partial charge in [0.05, 0.1) is 0 Å². The van der Waals surface area contributed by atoms with Crippen molar-refractivity contribution in [3.8, 4) is 0 Å². The summed E-state index contributed by atoms with van der Waals surface area (Å²) in [6.07, 6.45) is 2.24. The van der Waals surface area contributed by atoms with Crippen molar-refractivity contribution in [3.05, 3.63) is 28.2 Å². The molecule has 18 heavy (non-hydrogen) atoms. The molecule has 0 bridgehead atoms. The summed E-state index contributed by atoms with van der Waals surface area (Å²) in [7, 11) is 0. The number of amides is 1. The van der Waals surface area contributed by atoms with Crippen LogP contribution in [-0.2, 0) is 9.59 Å². The topological polar surface area (TPSA) is 46.2 Å². The molecule has 0 saturated heterocycles. The number of carbonyl (C=O) groups excluding carboxylic acids is 2. The standard InChI is InChI=1S/C13H13Cl2NO2/c14-9-5-10(15)7-11(6-9)16-13(18)8-1-3-12(17)4-2-8/h5-8H,1-4H2,(H,16,18). The normalized spacial score (nSPS) is 16.7. The monoisotopic (exact) mass is 285 g/mol. The van der Waals surface area contributed by atoms with E-state index in [1.54, 1.807) is 18.2 Å². The van der Waals surface area contributed by atoms with Crippen molar-refractivity contribution < 1.29 is 9.59 Å². The molecule has 1 aliphatic rings. The Hall–Kier alpha value is -1.06. The Morgan fingerprint density at radius 3 is 2.22 bits per heavy atom. The van der Waals surface area contributed by atoms with Gasteiger partial charge in [-0.2, -0.15) is 0 Å². The Morgan fingerprint density at radius 1 is 1.11 bits per heavy atom. The molecule has 0 spiro atoms. The van der Waals surface area contributed by atoms with E-state index in [2.05, 4.69) is 5.32 Å². The number of ketones is 1. The van der Waals surface area contributed by atoms with Crippen LogP contribution in [0.2, 0.25) is 10.0 Å². The Kier molecular flexibility index (Phi) is 4.25. The first kappa shape index (κ1) is 13.4. The minimum absolute atomic E-state index is 0.0687. The first-order valence-corrected chi connectivity index (χ1v) is 6.59. The average Bonchev–Trinajstić information content (AvgIpc) is 2.28. The lowest BCUT2D eigenvalue weighted by Gasteiger charge is -2.20. The molecule has 1 saturated carbocycles. The highest BCUT2D eigenvalue weighted by Gasteiger charge is 2.24. The summed E-state index contributed by atoms with van der Waals surface area (Å²) < 4.78 is 0. The predicted molar refractivity (Wildman–Crippen MR) is 72.1 cm³/mol. The van der Waals surface area contributed by atoms with Crippen molar-refractivity contribution in [2.45, 2.75) is 25.7 Å². The summed E-state index contributed by atoms with van der Waals surface area (Å²) in [4.78, 5) is 23.1. The van der Waals surface area contributed by atoms with Gasteiger partial charge in [0.15, 0.2) is 0 Å². The van der Waals surface area contributed by atoms with Crippen molar-refractivity contribution in [3.63, 3.8) is 0 Å². The number of hydrogen-bond donors (Lipinski definition) is 1. The Bertz CT molecular complexity index is 458. The summed E-state index contributed by atoms with van der Waals surface area (Å²) >= 11 is 11.7. The van der Waals surface area contributed by atoms with E-state index < -0.39 is 0 Å². The Balaban J connectivity index is 2.00. The molecule has 3 nitrogen and oxygen atoms in total. The summed E-state index contributed by atoms with van der Waals surface area (Å²) in [5, 5.41) is 3.75. The highest BCUT2D eigenvalue weighted by molar-refractivity contribution is 6.35. The fraction of sp³-hybridized carbons (Fsp3) is 0.385. The van der Waals surface area contributed by atoms with Crippen LogP contribution in [0.4, 0.5) is 5.69 Å². The second-order valence-corrected chi connectivity index (χ2v) is 5.33. The zero-order valence-electron chi connectivity index (χ0n) is 9.71. The number of carbonyl (C=O) groups is 2. The number of hydrogen-bond acceptors (Lipinski definition) is 2. The summed E-state index contributed by atoms with van der Waals surface area (Å²) in [6.45, 7) is 0. The van der Waals surface area contributed by atoms with Gasteiger partial charge in [0.2, 0.25) is 5.91 Å². The number of benzene rings is 1. The quantitative estimate of drug-likeness (QED) is 0.901. The van der Waals surface area contributed by atoms with Gasteiger partial charge >= 0.3 is 0 Å². The largest absolute Gasteiger partial charge is 0.326 e. The van der Waals surface area contributed by atoms with Crippen LogP contribution < -0.4 is 5.32 Å². The van der Waals surface area contributed by atoms with Gasteiger partial charge in [0.1, 0.15) is 5.78 Å². The number of rotatable bonds is 2. The number of nitrogens with one attached hydrogen (secondary N) is 1. The van der Waals surface area contributed by atoms with Gasteiger partial charge in [-0.25, -0.2) is 0 Å². The molecule has 1 aromatic rings. The number of Topliss-reactive ketones (excluding diaryl/α,β-unsaturated/α-hetero) is 1. The van der Waals surface area contributed by atoms with Crippen LogP contribution in [0.1, 0.15) is 25.7 Å². The maximum atomic E-state index is 12.0. The molecule has 5 heteroatoms. The van der Waals surface area contributed by atoms with Crippen LogP contribution in [0.5, 0.6) is 0 Å². The fourth-order valence-electron chi connectivity index (χ4n) is 2.07. The first-order valence-electron chi connectivity index (χ1n) is 5.83. The smallest absolute Gasteiger partial charge is 0.227 e. The highest BCUT2D eigenvalue weighted by Crippen LogP contribution is 2.26. The molecule has 0 radical (unpaired) electrons. The zero-order chi connectivity index (χ0) is 13.1. The number of halogens is 2. The van der Waals surface area contributed by atoms with Crippen molar-refractivity contribution in [2.75, 3.05) is 5.32 Å². The Morgan fingerprint density at radius 2 is 1.67 bits per heavy atom. The molecule has 1 aliphatic carbocycles. The van der Waals surface area contributed by atoms with Gasteiger partial charge in [-0.3, -0.25) is 9.59 Å². The van der Waals surface area contributed by atoms with Crippen molar-refractivity contribution in [2.24, 2.45) is 5.92 Å². The van der Waals surface area contributed by atoms with Gasteiger partial charge in [-0.05, 0) is 31.0 Å². The van der Waals surface area contributed by atoms with Crippen LogP contribution in [-0.4, -0.2) is 11.7 Å². The van der Waals surface area contributed by atoms with E-state index >= 15 is 0 Å². The van der Waals surface area contributed by atoms with E-state index in [0.29, 0.717) is 41.4 Å². The van der Waals surface area contributed by atoms with E-state index in [-0.39, 0.29) is 17.6 Å². The Labute approximate surface area is 115 Å². The predicted octanol–water partition coefficient (Wildman–Crippen LogP) is 3.69. The third-order valence-electron chi connectivity index (χ3n) is 3.04. The van der Waals surface area contributed by atoms with Gasteiger partial charge in [0, 0.05) is 34.5 Å². The molecule has 96 valence electrons. The minimum atomic E-state index is -0.0968. The molecule has 0 atom stereocenters. The van der Waals surface area contributed by atoms with E-state index in [4.69, 9.17) is 23.2 Å². The molecule has 2 rings (SSSR count). The molecule has 1 N–H and O–H groups in total. The van der Waals surface area contributed by atoms with Crippen LogP contribution in [0.25, 0.3) is 0 Å².